The smallest absolute Gasteiger partial charge is 0.324 e. The molecule has 1 aliphatic rings. The molecule has 1 fully saturated rings. The van der Waals surface area contributed by atoms with Crippen LogP contribution in [0.15, 0.2) is 18.2 Å². The van der Waals surface area contributed by atoms with Crippen LogP contribution in [0.4, 0.5) is 4.79 Å². The maximum Gasteiger partial charge on any atom is 0.324 e. The Labute approximate surface area is 104 Å². The normalized spacial score (nSPS) is 14.3. The van der Waals surface area contributed by atoms with Gasteiger partial charge in [0.1, 0.15) is 18.4 Å². The van der Waals surface area contributed by atoms with Crippen LogP contribution >= 0.6 is 0 Å². The lowest BCUT2D eigenvalue weighted by Gasteiger charge is -2.14. The van der Waals surface area contributed by atoms with Crippen LogP contribution in [0.3, 0.4) is 0 Å². The highest BCUT2D eigenvalue weighted by atomic mass is 16.5. The van der Waals surface area contributed by atoms with Gasteiger partial charge < -0.3 is 9.64 Å². The SMILES string of the molecule is COc1cc(CN2CC(=O)NC2=O)ccc1C#N. The average Bonchev–Trinajstić information content (AvgIpc) is 2.67. The zero-order valence-electron chi connectivity index (χ0n) is 9.77. The molecule has 1 N–H and O–H groups in total. The number of hydrogen-bond acceptors (Lipinski definition) is 4. The zero-order valence-corrected chi connectivity index (χ0v) is 9.77. The highest BCUT2D eigenvalue weighted by molar-refractivity contribution is 6.01. The number of hydrogen-bond donors (Lipinski definition) is 1. The minimum Gasteiger partial charge on any atom is -0.495 e. The standard InChI is InChI=1S/C12H11N3O3/c1-18-10-4-8(2-3-9(10)5-13)6-15-7-11(16)14-12(15)17/h2-4H,6-7H2,1H3,(H,14,16,17). The molecule has 0 spiro atoms. The van der Waals surface area contributed by atoms with Crippen molar-refractivity contribution in [1.82, 2.24) is 10.2 Å². The van der Waals surface area contributed by atoms with E-state index in [1.807, 2.05) is 6.07 Å². The summed E-state index contributed by atoms with van der Waals surface area (Å²) in [4.78, 5) is 23.8. The molecular weight excluding hydrogens is 234 g/mol. The Bertz CT molecular complexity index is 548. The second kappa shape index (κ2) is 4.75. The van der Waals surface area contributed by atoms with Gasteiger partial charge in [-0.3, -0.25) is 10.1 Å². The molecule has 92 valence electrons. The van der Waals surface area contributed by atoms with Gasteiger partial charge in [-0.15, -0.1) is 0 Å². The lowest BCUT2D eigenvalue weighted by Crippen LogP contribution is -2.27. The maximum atomic E-state index is 11.4. The summed E-state index contributed by atoms with van der Waals surface area (Å²) < 4.78 is 5.08. The summed E-state index contributed by atoms with van der Waals surface area (Å²) in [6.07, 6.45) is 0. The van der Waals surface area contributed by atoms with Gasteiger partial charge >= 0.3 is 6.03 Å². The van der Waals surface area contributed by atoms with Crippen LogP contribution in [0, 0.1) is 11.3 Å². The van der Waals surface area contributed by atoms with E-state index in [0.717, 1.165) is 5.56 Å². The Morgan fingerprint density at radius 3 is 2.83 bits per heavy atom. The molecule has 0 aliphatic carbocycles. The number of urea groups is 1. The summed E-state index contributed by atoms with van der Waals surface area (Å²) in [6, 6.07) is 6.66. The molecule has 18 heavy (non-hydrogen) atoms. The van der Waals surface area contributed by atoms with Gasteiger partial charge in [-0.25, -0.2) is 4.79 Å². The van der Waals surface area contributed by atoms with Crippen LogP contribution in [0.1, 0.15) is 11.1 Å². The van der Waals surface area contributed by atoms with Gasteiger partial charge in [0.05, 0.1) is 12.7 Å². The fourth-order valence-corrected chi connectivity index (χ4v) is 1.76. The number of benzene rings is 1. The number of nitrogens with zero attached hydrogens (tertiary/aromatic N) is 2. The molecule has 0 saturated carbocycles. The Morgan fingerprint density at radius 1 is 1.50 bits per heavy atom. The number of imide groups is 1. The van der Waals surface area contributed by atoms with Crippen LogP contribution in [0.5, 0.6) is 5.75 Å². The molecule has 0 radical (unpaired) electrons. The van der Waals surface area contributed by atoms with Gasteiger partial charge in [0.15, 0.2) is 0 Å². The molecule has 1 aromatic rings. The van der Waals surface area contributed by atoms with E-state index in [0.29, 0.717) is 17.9 Å². The van der Waals surface area contributed by atoms with Gasteiger partial charge in [0.25, 0.3) is 0 Å². The largest absolute Gasteiger partial charge is 0.495 e. The number of carbonyl (C=O) groups is 2. The van der Waals surface area contributed by atoms with Gasteiger partial charge in [-0.2, -0.15) is 5.26 Å². The predicted molar refractivity (Wildman–Crippen MR) is 61.7 cm³/mol. The number of nitrogens with one attached hydrogen (secondary N) is 1. The minimum absolute atomic E-state index is 0.0567. The fourth-order valence-electron chi connectivity index (χ4n) is 1.76. The molecule has 1 aromatic carbocycles. The van der Waals surface area contributed by atoms with Crippen molar-refractivity contribution in [2.45, 2.75) is 6.54 Å². The fraction of sp³-hybridized carbons (Fsp3) is 0.250. The second-order valence-electron chi connectivity index (χ2n) is 3.86. The van der Waals surface area contributed by atoms with E-state index >= 15 is 0 Å². The van der Waals surface area contributed by atoms with Gasteiger partial charge in [0, 0.05) is 6.54 Å². The predicted octanol–water partition coefficient (Wildman–Crippen LogP) is 0.619. The van der Waals surface area contributed by atoms with Gasteiger partial charge in [-0.1, -0.05) is 6.07 Å². The number of nitriles is 1. The molecule has 0 atom stereocenters. The van der Waals surface area contributed by atoms with Gasteiger partial charge in [0.2, 0.25) is 5.91 Å². The van der Waals surface area contributed by atoms with Crippen LogP contribution < -0.4 is 10.1 Å². The third-order valence-corrected chi connectivity index (χ3v) is 2.63. The number of methoxy groups -OCH3 is 1. The van der Waals surface area contributed by atoms with Crippen molar-refractivity contribution < 1.29 is 14.3 Å². The van der Waals surface area contributed by atoms with E-state index in [1.54, 1.807) is 18.2 Å². The first kappa shape index (κ1) is 11.9. The third-order valence-electron chi connectivity index (χ3n) is 2.63. The highest BCUT2D eigenvalue weighted by Crippen LogP contribution is 2.20. The van der Waals surface area contributed by atoms with Crippen molar-refractivity contribution >= 4 is 11.9 Å². The number of rotatable bonds is 3. The third kappa shape index (κ3) is 2.25. The summed E-state index contributed by atoms with van der Waals surface area (Å²) in [5.41, 5.74) is 1.24. The Balaban J connectivity index is 2.18. The van der Waals surface area contributed by atoms with Crippen LogP contribution in [-0.2, 0) is 11.3 Å². The molecule has 0 aromatic heterocycles. The maximum absolute atomic E-state index is 11.4. The van der Waals surface area contributed by atoms with E-state index in [1.165, 1.54) is 12.0 Å². The minimum atomic E-state index is -0.400. The van der Waals surface area contributed by atoms with Crippen molar-refractivity contribution in [3.8, 4) is 11.8 Å². The molecule has 6 heteroatoms. The topological polar surface area (TPSA) is 82.4 Å². The summed E-state index contributed by atoms with van der Waals surface area (Å²) in [5.74, 6) is 0.154. The highest BCUT2D eigenvalue weighted by Gasteiger charge is 2.26. The average molecular weight is 245 g/mol. The quantitative estimate of drug-likeness (QED) is 0.791. The number of ether oxygens (including phenoxy) is 1. The molecule has 0 bridgehead atoms. The van der Waals surface area contributed by atoms with E-state index in [9.17, 15) is 9.59 Å². The Kier molecular flexibility index (Phi) is 3.15. The van der Waals surface area contributed by atoms with Crippen LogP contribution in [0.2, 0.25) is 0 Å². The molecule has 1 heterocycles. The van der Waals surface area contributed by atoms with E-state index in [-0.39, 0.29) is 12.5 Å². The molecule has 1 aliphatic heterocycles. The monoisotopic (exact) mass is 245 g/mol. The first-order valence-electron chi connectivity index (χ1n) is 5.30. The lowest BCUT2D eigenvalue weighted by atomic mass is 10.1. The van der Waals surface area contributed by atoms with E-state index < -0.39 is 6.03 Å². The summed E-state index contributed by atoms with van der Waals surface area (Å²) in [6.45, 7) is 0.362. The van der Waals surface area contributed by atoms with Gasteiger partial charge in [-0.05, 0) is 17.7 Å². The zero-order chi connectivity index (χ0) is 13.1. The Morgan fingerprint density at radius 2 is 2.28 bits per heavy atom. The molecule has 0 unspecified atom stereocenters. The molecular formula is C12H11N3O3. The number of carbonyl (C=O) groups excluding carboxylic acids is 2. The van der Waals surface area contributed by atoms with Crippen molar-refractivity contribution in [2.24, 2.45) is 0 Å². The van der Waals surface area contributed by atoms with Crippen molar-refractivity contribution in [3.05, 3.63) is 29.3 Å². The lowest BCUT2D eigenvalue weighted by molar-refractivity contribution is -0.118. The molecule has 3 amide bonds. The molecule has 1 saturated heterocycles. The molecule has 2 rings (SSSR count). The van der Waals surface area contributed by atoms with Crippen LogP contribution in [0.25, 0.3) is 0 Å². The first-order valence-corrected chi connectivity index (χ1v) is 5.30. The van der Waals surface area contributed by atoms with Crippen molar-refractivity contribution in [2.75, 3.05) is 13.7 Å². The summed E-state index contributed by atoms with van der Waals surface area (Å²) in [7, 11) is 1.48. The van der Waals surface area contributed by atoms with E-state index in [4.69, 9.17) is 10.00 Å². The summed E-state index contributed by atoms with van der Waals surface area (Å²) in [5, 5.41) is 11.1. The van der Waals surface area contributed by atoms with Crippen LogP contribution in [-0.4, -0.2) is 30.5 Å². The second-order valence-corrected chi connectivity index (χ2v) is 3.86. The Hall–Kier alpha value is -2.55. The van der Waals surface area contributed by atoms with Crippen molar-refractivity contribution in [3.63, 3.8) is 0 Å². The van der Waals surface area contributed by atoms with Crippen molar-refractivity contribution in [1.29, 1.82) is 5.26 Å². The first-order chi connectivity index (χ1) is 8.63. The summed E-state index contributed by atoms with van der Waals surface area (Å²) >= 11 is 0. The molecule has 6 nitrogen and oxygen atoms in total. The van der Waals surface area contributed by atoms with E-state index in [2.05, 4.69) is 5.32 Å². The number of amides is 3.